The number of hydrogen-bond acceptors (Lipinski definition) is 4. The molecule has 1 aromatic rings. The Balaban J connectivity index is 2.07. The minimum Gasteiger partial charge on any atom is -0.370 e. The number of aromatic nitrogens is 1. The average molecular weight is 234 g/mol. The second-order valence-electron chi connectivity index (χ2n) is 4.56. The molecule has 1 saturated heterocycles. The summed E-state index contributed by atoms with van der Waals surface area (Å²) in [5.74, 6) is 2.07. The lowest BCUT2D eigenvalue weighted by atomic mass is 10.3. The van der Waals surface area contributed by atoms with E-state index in [-0.39, 0.29) is 0 Å². The van der Waals surface area contributed by atoms with Crippen LogP contribution in [0.3, 0.4) is 0 Å². The van der Waals surface area contributed by atoms with Gasteiger partial charge in [-0.15, -0.1) is 0 Å². The number of likely N-dealkylation sites (N-methyl/N-ethyl adjacent to an activating group) is 1. The van der Waals surface area contributed by atoms with Crippen LogP contribution in [-0.2, 0) is 0 Å². The van der Waals surface area contributed by atoms with Gasteiger partial charge in [-0.2, -0.15) is 0 Å². The zero-order valence-corrected chi connectivity index (χ0v) is 10.8. The molecule has 17 heavy (non-hydrogen) atoms. The molecule has 4 nitrogen and oxygen atoms in total. The molecule has 0 saturated carbocycles. The van der Waals surface area contributed by atoms with E-state index < -0.39 is 0 Å². The molecule has 0 aromatic carbocycles. The van der Waals surface area contributed by atoms with Gasteiger partial charge in [0.15, 0.2) is 0 Å². The standard InChI is InChI=1S/C13H22N4/c1-3-14-12-6-4-7-13(15-12)17-9-5-8-16(2)10-11-17/h4,6-7H,3,5,8-11H2,1-2H3,(H,14,15). The van der Waals surface area contributed by atoms with Gasteiger partial charge < -0.3 is 15.1 Å². The number of pyridine rings is 1. The number of nitrogens with zero attached hydrogens (tertiary/aromatic N) is 3. The Bertz CT molecular complexity index is 353. The molecular weight excluding hydrogens is 212 g/mol. The first-order valence-corrected chi connectivity index (χ1v) is 6.44. The summed E-state index contributed by atoms with van der Waals surface area (Å²) in [7, 11) is 2.19. The normalized spacial score (nSPS) is 17.9. The molecule has 1 N–H and O–H groups in total. The molecule has 1 aliphatic rings. The van der Waals surface area contributed by atoms with Gasteiger partial charge in [0.05, 0.1) is 0 Å². The van der Waals surface area contributed by atoms with Crippen molar-refractivity contribution in [3.63, 3.8) is 0 Å². The van der Waals surface area contributed by atoms with E-state index in [1.165, 1.54) is 13.0 Å². The number of rotatable bonds is 3. The van der Waals surface area contributed by atoms with Crippen LogP contribution in [0.1, 0.15) is 13.3 Å². The summed E-state index contributed by atoms with van der Waals surface area (Å²) in [5.41, 5.74) is 0. The van der Waals surface area contributed by atoms with Crippen molar-refractivity contribution in [2.24, 2.45) is 0 Å². The first-order chi connectivity index (χ1) is 8.29. The molecule has 4 heteroatoms. The third-order valence-corrected chi connectivity index (χ3v) is 3.14. The summed E-state index contributed by atoms with van der Waals surface area (Å²) >= 11 is 0. The predicted octanol–water partition coefficient (Wildman–Crippen LogP) is 1.66. The fourth-order valence-electron chi connectivity index (χ4n) is 2.15. The molecule has 0 amide bonds. The highest BCUT2D eigenvalue weighted by Crippen LogP contribution is 2.16. The molecule has 2 rings (SSSR count). The highest BCUT2D eigenvalue weighted by Gasteiger charge is 2.13. The molecule has 0 unspecified atom stereocenters. The molecule has 2 heterocycles. The SMILES string of the molecule is CCNc1cccc(N2CCCN(C)CC2)n1. The molecule has 94 valence electrons. The summed E-state index contributed by atoms with van der Waals surface area (Å²) in [6.45, 7) is 7.48. The second kappa shape index (κ2) is 5.87. The lowest BCUT2D eigenvalue weighted by molar-refractivity contribution is 0.360. The molecule has 1 aromatic heterocycles. The van der Waals surface area contributed by atoms with Crippen molar-refractivity contribution in [1.29, 1.82) is 0 Å². The van der Waals surface area contributed by atoms with E-state index in [2.05, 4.69) is 46.2 Å². The largest absolute Gasteiger partial charge is 0.370 e. The van der Waals surface area contributed by atoms with Crippen molar-refractivity contribution in [3.8, 4) is 0 Å². The number of hydrogen-bond donors (Lipinski definition) is 1. The third-order valence-electron chi connectivity index (χ3n) is 3.14. The summed E-state index contributed by atoms with van der Waals surface area (Å²) in [4.78, 5) is 9.41. The highest BCUT2D eigenvalue weighted by atomic mass is 15.2. The molecule has 1 aliphatic heterocycles. The highest BCUT2D eigenvalue weighted by molar-refractivity contribution is 5.47. The maximum atomic E-state index is 4.65. The first-order valence-electron chi connectivity index (χ1n) is 6.44. The quantitative estimate of drug-likeness (QED) is 0.862. The zero-order chi connectivity index (χ0) is 12.1. The van der Waals surface area contributed by atoms with Crippen LogP contribution in [0.25, 0.3) is 0 Å². The fourth-order valence-corrected chi connectivity index (χ4v) is 2.15. The van der Waals surface area contributed by atoms with Crippen molar-refractivity contribution < 1.29 is 0 Å². The summed E-state index contributed by atoms with van der Waals surface area (Å²) in [6, 6.07) is 6.21. The van der Waals surface area contributed by atoms with Crippen LogP contribution in [0.15, 0.2) is 18.2 Å². The first kappa shape index (κ1) is 12.2. The van der Waals surface area contributed by atoms with Crippen molar-refractivity contribution >= 4 is 11.6 Å². The average Bonchev–Trinajstić information content (AvgIpc) is 2.55. The van der Waals surface area contributed by atoms with Gasteiger partial charge in [0.1, 0.15) is 11.6 Å². The molecule has 0 spiro atoms. The third kappa shape index (κ3) is 3.33. The van der Waals surface area contributed by atoms with E-state index in [1.54, 1.807) is 0 Å². The van der Waals surface area contributed by atoms with Gasteiger partial charge in [-0.25, -0.2) is 4.98 Å². The van der Waals surface area contributed by atoms with Crippen LogP contribution in [0.4, 0.5) is 11.6 Å². The van der Waals surface area contributed by atoms with Crippen LogP contribution in [-0.4, -0.2) is 49.7 Å². The van der Waals surface area contributed by atoms with Gasteiger partial charge in [-0.3, -0.25) is 0 Å². The van der Waals surface area contributed by atoms with E-state index >= 15 is 0 Å². The maximum Gasteiger partial charge on any atom is 0.130 e. The van der Waals surface area contributed by atoms with E-state index in [0.29, 0.717) is 0 Å². The molecule has 1 fully saturated rings. The topological polar surface area (TPSA) is 31.4 Å². The van der Waals surface area contributed by atoms with Crippen molar-refractivity contribution in [3.05, 3.63) is 18.2 Å². The Morgan fingerprint density at radius 3 is 2.94 bits per heavy atom. The lowest BCUT2D eigenvalue weighted by Gasteiger charge is -2.22. The fraction of sp³-hybridized carbons (Fsp3) is 0.615. The molecule has 0 radical (unpaired) electrons. The van der Waals surface area contributed by atoms with E-state index in [4.69, 9.17) is 0 Å². The summed E-state index contributed by atoms with van der Waals surface area (Å²) < 4.78 is 0. The van der Waals surface area contributed by atoms with Gasteiger partial charge >= 0.3 is 0 Å². The molecular formula is C13H22N4. The van der Waals surface area contributed by atoms with Crippen molar-refractivity contribution in [2.75, 3.05) is 50.0 Å². The van der Waals surface area contributed by atoms with E-state index in [0.717, 1.165) is 37.8 Å². The smallest absolute Gasteiger partial charge is 0.130 e. The van der Waals surface area contributed by atoms with E-state index in [1.807, 2.05) is 6.07 Å². The molecule has 0 bridgehead atoms. The van der Waals surface area contributed by atoms with E-state index in [9.17, 15) is 0 Å². The monoisotopic (exact) mass is 234 g/mol. The van der Waals surface area contributed by atoms with Gasteiger partial charge in [0.25, 0.3) is 0 Å². The second-order valence-corrected chi connectivity index (χ2v) is 4.56. The van der Waals surface area contributed by atoms with Crippen LogP contribution >= 0.6 is 0 Å². The Kier molecular flexibility index (Phi) is 4.20. The Morgan fingerprint density at radius 2 is 2.12 bits per heavy atom. The lowest BCUT2D eigenvalue weighted by Crippen LogP contribution is -2.29. The maximum absolute atomic E-state index is 4.65. The minimum atomic E-state index is 0.916. The minimum absolute atomic E-state index is 0.916. The zero-order valence-electron chi connectivity index (χ0n) is 10.8. The van der Waals surface area contributed by atoms with Crippen LogP contribution in [0.2, 0.25) is 0 Å². The summed E-state index contributed by atoms with van der Waals surface area (Å²) in [5, 5.41) is 3.26. The van der Waals surface area contributed by atoms with Crippen LogP contribution in [0.5, 0.6) is 0 Å². The predicted molar refractivity (Wildman–Crippen MR) is 72.7 cm³/mol. The van der Waals surface area contributed by atoms with Crippen LogP contribution in [0, 0.1) is 0 Å². The van der Waals surface area contributed by atoms with Crippen LogP contribution < -0.4 is 10.2 Å². The number of nitrogens with one attached hydrogen (secondary N) is 1. The van der Waals surface area contributed by atoms with Gasteiger partial charge in [-0.05, 0) is 39.1 Å². The van der Waals surface area contributed by atoms with Gasteiger partial charge in [0, 0.05) is 26.2 Å². The summed E-state index contributed by atoms with van der Waals surface area (Å²) in [6.07, 6.45) is 1.21. The Hall–Kier alpha value is -1.29. The molecule has 0 atom stereocenters. The van der Waals surface area contributed by atoms with Gasteiger partial charge in [-0.1, -0.05) is 6.07 Å². The Morgan fingerprint density at radius 1 is 1.24 bits per heavy atom. The van der Waals surface area contributed by atoms with Crippen molar-refractivity contribution in [2.45, 2.75) is 13.3 Å². The Labute approximate surface area is 104 Å². The number of anilines is 2. The van der Waals surface area contributed by atoms with Gasteiger partial charge in [0.2, 0.25) is 0 Å². The van der Waals surface area contributed by atoms with Crippen molar-refractivity contribution in [1.82, 2.24) is 9.88 Å². The molecule has 0 aliphatic carbocycles.